The summed E-state index contributed by atoms with van der Waals surface area (Å²) in [6.07, 6.45) is 2.24. The molecule has 1 atom stereocenters. The number of hydrogen-bond donors (Lipinski definition) is 0. The van der Waals surface area contributed by atoms with Gasteiger partial charge in [0.1, 0.15) is 0 Å². The number of carbonyl (C=O) groups excluding carboxylic acids is 1. The van der Waals surface area contributed by atoms with Crippen molar-refractivity contribution in [2.24, 2.45) is 0 Å². The van der Waals surface area contributed by atoms with Gasteiger partial charge in [0.05, 0.1) is 19.3 Å². The van der Waals surface area contributed by atoms with Crippen LogP contribution >= 0.6 is 11.8 Å². The summed E-state index contributed by atoms with van der Waals surface area (Å²) in [5.41, 5.74) is 0. The molecule has 17 heavy (non-hydrogen) atoms. The van der Waals surface area contributed by atoms with Crippen molar-refractivity contribution in [2.45, 2.75) is 44.1 Å². The number of methoxy groups -OCH3 is 1. The van der Waals surface area contributed by atoms with E-state index in [9.17, 15) is 4.79 Å². The molecule has 0 aromatic carbocycles. The molecule has 1 aromatic heterocycles. The summed E-state index contributed by atoms with van der Waals surface area (Å²) in [6, 6.07) is 0. The van der Waals surface area contributed by atoms with Crippen LogP contribution < -0.4 is 0 Å². The number of carbonyl (C=O) groups is 1. The lowest BCUT2D eigenvalue weighted by atomic mass is 10.3. The van der Waals surface area contributed by atoms with Gasteiger partial charge in [-0.1, -0.05) is 19.0 Å². The van der Waals surface area contributed by atoms with Gasteiger partial charge >= 0.3 is 5.97 Å². The van der Waals surface area contributed by atoms with Crippen molar-refractivity contribution in [3.05, 3.63) is 11.7 Å². The number of aromatic nitrogens is 2. The van der Waals surface area contributed by atoms with Crippen LogP contribution in [0.2, 0.25) is 0 Å². The molecule has 1 aromatic rings. The molecule has 0 aliphatic heterocycles. The maximum atomic E-state index is 11.0. The third-order valence-corrected chi connectivity index (χ3v) is 3.31. The molecular weight excluding hydrogens is 240 g/mol. The topological polar surface area (TPSA) is 65.2 Å². The Morgan fingerprint density at radius 1 is 1.59 bits per heavy atom. The van der Waals surface area contributed by atoms with Crippen LogP contribution in [0.5, 0.6) is 0 Å². The smallest absolute Gasteiger partial charge is 0.306 e. The Labute approximate surface area is 105 Å². The molecule has 0 spiro atoms. The molecule has 1 heterocycles. The summed E-state index contributed by atoms with van der Waals surface area (Å²) in [5.74, 6) is 1.82. The Morgan fingerprint density at radius 3 is 3.00 bits per heavy atom. The van der Waals surface area contributed by atoms with Crippen LogP contribution in [0.15, 0.2) is 4.52 Å². The predicted octanol–water partition coefficient (Wildman–Crippen LogP) is 2.21. The van der Waals surface area contributed by atoms with Crippen LogP contribution in [0.3, 0.4) is 0 Å². The summed E-state index contributed by atoms with van der Waals surface area (Å²) < 4.78 is 9.71. The minimum atomic E-state index is -0.192. The summed E-state index contributed by atoms with van der Waals surface area (Å²) >= 11 is 1.61. The number of ether oxygens (including phenoxy) is 1. The van der Waals surface area contributed by atoms with Gasteiger partial charge in [-0.25, -0.2) is 0 Å². The van der Waals surface area contributed by atoms with E-state index in [0.29, 0.717) is 18.1 Å². The molecule has 6 heteroatoms. The van der Waals surface area contributed by atoms with Crippen molar-refractivity contribution in [1.82, 2.24) is 10.1 Å². The van der Waals surface area contributed by atoms with Crippen molar-refractivity contribution in [3.63, 3.8) is 0 Å². The van der Waals surface area contributed by atoms with Crippen molar-refractivity contribution in [1.29, 1.82) is 0 Å². The molecule has 0 bridgehead atoms. The van der Waals surface area contributed by atoms with E-state index in [2.05, 4.69) is 21.8 Å². The zero-order chi connectivity index (χ0) is 12.7. The summed E-state index contributed by atoms with van der Waals surface area (Å²) in [5, 5.41) is 4.05. The van der Waals surface area contributed by atoms with E-state index in [0.717, 1.165) is 18.7 Å². The average molecular weight is 258 g/mol. The second-order valence-electron chi connectivity index (χ2n) is 3.76. The molecule has 1 unspecified atom stereocenters. The Morgan fingerprint density at radius 2 is 2.35 bits per heavy atom. The van der Waals surface area contributed by atoms with Crippen LogP contribution in [0, 0.1) is 0 Å². The first kappa shape index (κ1) is 14.0. The second-order valence-corrected chi connectivity index (χ2v) is 5.18. The molecule has 0 amide bonds. The largest absolute Gasteiger partial charge is 0.469 e. The van der Waals surface area contributed by atoms with E-state index in [1.165, 1.54) is 7.11 Å². The van der Waals surface area contributed by atoms with Gasteiger partial charge in [0.15, 0.2) is 5.82 Å². The monoisotopic (exact) mass is 258 g/mol. The molecule has 0 fully saturated rings. The first-order chi connectivity index (χ1) is 8.15. The molecule has 0 saturated carbocycles. The van der Waals surface area contributed by atoms with Crippen molar-refractivity contribution >= 4 is 17.7 Å². The average Bonchev–Trinajstić information content (AvgIpc) is 2.74. The molecule has 0 aliphatic carbocycles. The van der Waals surface area contributed by atoms with Crippen LogP contribution in [0.25, 0.3) is 0 Å². The number of esters is 1. The minimum absolute atomic E-state index is 0.184. The van der Waals surface area contributed by atoms with E-state index in [-0.39, 0.29) is 11.2 Å². The highest BCUT2D eigenvalue weighted by Crippen LogP contribution is 2.19. The van der Waals surface area contributed by atoms with Crippen LogP contribution in [0.1, 0.15) is 38.4 Å². The molecule has 5 nitrogen and oxygen atoms in total. The van der Waals surface area contributed by atoms with Crippen LogP contribution in [-0.2, 0) is 21.7 Å². The maximum Gasteiger partial charge on any atom is 0.306 e. The molecule has 0 saturated heterocycles. The fourth-order valence-electron chi connectivity index (χ4n) is 1.26. The van der Waals surface area contributed by atoms with Crippen molar-refractivity contribution in [3.8, 4) is 0 Å². The fraction of sp³-hybridized carbons (Fsp3) is 0.727. The van der Waals surface area contributed by atoms with Gasteiger partial charge in [-0.3, -0.25) is 4.79 Å². The van der Waals surface area contributed by atoms with E-state index in [1.54, 1.807) is 11.8 Å². The SMILES string of the molecule is CCCc1noc(CSC(C)CC(=O)OC)n1. The Kier molecular flexibility index (Phi) is 6.04. The first-order valence-electron chi connectivity index (χ1n) is 5.65. The van der Waals surface area contributed by atoms with Crippen molar-refractivity contribution < 1.29 is 14.1 Å². The number of aryl methyl sites for hydroxylation is 1. The van der Waals surface area contributed by atoms with Gasteiger partial charge in [0, 0.05) is 11.7 Å². The predicted molar refractivity (Wildman–Crippen MR) is 65.7 cm³/mol. The Hall–Kier alpha value is -1.04. The highest BCUT2D eigenvalue weighted by Gasteiger charge is 2.12. The third-order valence-electron chi connectivity index (χ3n) is 2.16. The molecular formula is C11H18N2O3S. The van der Waals surface area contributed by atoms with E-state index in [4.69, 9.17) is 4.52 Å². The van der Waals surface area contributed by atoms with Gasteiger partial charge in [-0.05, 0) is 6.42 Å². The normalized spacial score (nSPS) is 12.4. The van der Waals surface area contributed by atoms with E-state index < -0.39 is 0 Å². The Bertz CT molecular complexity index is 354. The number of rotatable bonds is 7. The molecule has 0 aliphatic rings. The van der Waals surface area contributed by atoms with Gasteiger partial charge in [-0.2, -0.15) is 4.98 Å². The van der Waals surface area contributed by atoms with Gasteiger partial charge in [-0.15, -0.1) is 11.8 Å². The highest BCUT2D eigenvalue weighted by atomic mass is 32.2. The summed E-state index contributed by atoms with van der Waals surface area (Å²) in [7, 11) is 1.40. The molecule has 0 N–H and O–H groups in total. The Balaban J connectivity index is 2.31. The zero-order valence-corrected chi connectivity index (χ0v) is 11.2. The summed E-state index contributed by atoms with van der Waals surface area (Å²) in [6.45, 7) is 4.05. The third kappa shape index (κ3) is 5.21. The molecule has 1 rings (SSSR count). The van der Waals surface area contributed by atoms with Gasteiger partial charge < -0.3 is 9.26 Å². The number of nitrogens with zero attached hydrogens (tertiary/aromatic N) is 2. The van der Waals surface area contributed by atoms with Crippen LogP contribution in [-0.4, -0.2) is 28.5 Å². The maximum absolute atomic E-state index is 11.0. The van der Waals surface area contributed by atoms with Gasteiger partial charge in [0.25, 0.3) is 0 Å². The number of hydrogen-bond acceptors (Lipinski definition) is 6. The molecule has 0 radical (unpaired) electrons. The first-order valence-corrected chi connectivity index (χ1v) is 6.70. The zero-order valence-electron chi connectivity index (χ0n) is 10.4. The van der Waals surface area contributed by atoms with E-state index in [1.807, 2.05) is 6.92 Å². The highest BCUT2D eigenvalue weighted by molar-refractivity contribution is 7.99. The minimum Gasteiger partial charge on any atom is -0.469 e. The molecule has 96 valence electrons. The second kappa shape index (κ2) is 7.32. The lowest BCUT2D eigenvalue weighted by Gasteiger charge is -2.07. The lowest BCUT2D eigenvalue weighted by molar-refractivity contribution is -0.140. The lowest BCUT2D eigenvalue weighted by Crippen LogP contribution is -2.08. The summed E-state index contributed by atoms with van der Waals surface area (Å²) in [4.78, 5) is 15.3. The fourth-order valence-corrected chi connectivity index (χ4v) is 2.06. The quantitative estimate of drug-likeness (QED) is 0.699. The van der Waals surface area contributed by atoms with E-state index >= 15 is 0 Å². The standard InChI is InChI=1S/C11H18N2O3S/c1-4-5-9-12-10(16-13-9)7-17-8(2)6-11(14)15-3/h8H,4-7H2,1-3H3. The van der Waals surface area contributed by atoms with Gasteiger partial charge in [0.2, 0.25) is 5.89 Å². The van der Waals surface area contributed by atoms with Crippen LogP contribution in [0.4, 0.5) is 0 Å². The number of thioether (sulfide) groups is 1. The van der Waals surface area contributed by atoms with Crippen molar-refractivity contribution in [2.75, 3.05) is 7.11 Å².